The third-order valence-corrected chi connectivity index (χ3v) is 3.16. The summed E-state index contributed by atoms with van der Waals surface area (Å²) in [6.07, 6.45) is 4.79. The number of carbonyl (C=O) groups excluding carboxylic acids is 2. The number of aliphatic imine (C=N–C) groups is 1. The summed E-state index contributed by atoms with van der Waals surface area (Å²) in [4.78, 5) is 26.6. The van der Waals surface area contributed by atoms with Crippen molar-refractivity contribution in [1.82, 2.24) is 5.32 Å². The molecule has 0 radical (unpaired) electrons. The van der Waals surface area contributed by atoms with Crippen LogP contribution in [-0.2, 0) is 9.59 Å². The summed E-state index contributed by atoms with van der Waals surface area (Å²) in [6, 6.07) is -0.821. The number of hydrogen-bond acceptors (Lipinski definition) is 4. The Hall–Kier alpha value is -1.43. The monoisotopic (exact) mass is 254 g/mol. The van der Waals surface area contributed by atoms with Crippen LogP contribution in [0, 0.1) is 5.92 Å². The van der Waals surface area contributed by atoms with E-state index in [1.165, 1.54) is 0 Å². The molecule has 0 bridgehead atoms. The lowest BCUT2D eigenvalue weighted by molar-refractivity contribution is -0.123. The minimum Gasteiger partial charge on any atom is -0.368 e. The molecule has 1 rings (SSSR count). The van der Waals surface area contributed by atoms with E-state index in [1.54, 1.807) is 6.21 Å². The molecule has 0 fully saturated rings. The molecule has 0 saturated heterocycles. The second-order valence-corrected chi connectivity index (χ2v) is 4.79. The maximum absolute atomic E-state index is 11.7. The highest BCUT2D eigenvalue weighted by atomic mass is 16.2. The Morgan fingerprint density at radius 3 is 2.78 bits per heavy atom. The first-order chi connectivity index (χ1) is 8.52. The van der Waals surface area contributed by atoms with Crippen LogP contribution in [0.3, 0.4) is 0 Å². The summed E-state index contributed by atoms with van der Waals surface area (Å²) < 4.78 is 0. The molecular weight excluding hydrogens is 232 g/mol. The average molecular weight is 254 g/mol. The van der Waals surface area contributed by atoms with Gasteiger partial charge in [-0.1, -0.05) is 6.92 Å². The van der Waals surface area contributed by atoms with E-state index in [0.29, 0.717) is 13.0 Å². The van der Waals surface area contributed by atoms with Gasteiger partial charge in [-0.25, -0.2) is 0 Å². The molecule has 0 spiro atoms. The van der Waals surface area contributed by atoms with Crippen LogP contribution in [0.4, 0.5) is 0 Å². The molecule has 0 aromatic rings. The number of rotatable bonds is 7. The first-order valence-electron chi connectivity index (χ1n) is 6.36. The Bertz CT molecular complexity index is 330. The first-order valence-corrected chi connectivity index (χ1v) is 6.36. The fourth-order valence-corrected chi connectivity index (χ4v) is 1.89. The molecule has 1 heterocycles. The summed E-state index contributed by atoms with van der Waals surface area (Å²) >= 11 is 0. The van der Waals surface area contributed by atoms with Crippen LogP contribution >= 0.6 is 0 Å². The molecular formula is C12H22N4O2. The molecule has 0 unspecified atom stereocenters. The number of unbranched alkanes of at least 4 members (excludes halogenated alkanes) is 1. The van der Waals surface area contributed by atoms with Crippen molar-refractivity contribution in [3.8, 4) is 0 Å². The Labute approximate surface area is 107 Å². The van der Waals surface area contributed by atoms with Gasteiger partial charge in [0.25, 0.3) is 0 Å². The van der Waals surface area contributed by atoms with Crippen molar-refractivity contribution >= 4 is 18.0 Å². The number of primary amides is 1. The lowest BCUT2D eigenvalue weighted by atomic mass is 10.0. The van der Waals surface area contributed by atoms with Gasteiger partial charge in [-0.3, -0.25) is 14.6 Å². The molecule has 6 nitrogen and oxygen atoms in total. The van der Waals surface area contributed by atoms with Crippen molar-refractivity contribution in [2.24, 2.45) is 22.4 Å². The summed E-state index contributed by atoms with van der Waals surface area (Å²) in [5.74, 6) is -0.211. The Morgan fingerprint density at radius 2 is 2.22 bits per heavy atom. The summed E-state index contributed by atoms with van der Waals surface area (Å²) in [5.41, 5.74) is 10.5. The van der Waals surface area contributed by atoms with Crippen LogP contribution in [0.25, 0.3) is 0 Å². The molecule has 102 valence electrons. The van der Waals surface area contributed by atoms with Gasteiger partial charge in [0, 0.05) is 12.8 Å². The van der Waals surface area contributed by atoms with Gasteiger partial charge in [0.2, 0.25) is 11.8 Å². The summed E-state index contributed by atoms with van der Waals surface area (Å²) in [6.45, 7) is 2.60. The molecule has 0 aromatic heterocycles. The van der Waals surface area contributed by atoms with E-state index in [1.807, 2.05) is 6.92 Å². The molecule has 3 atom stereocenters. The van der Waals surface area contributed by atoms with Crippen LogP contribution in [0.5, 0.6) is 0 Å². The van der Waals surface area contributed by atoms with Crippen LogP contribution in [0.15, 0.2) is 4.99 Å². The molecule has 6 heteroatoms. The molecule has 0 saturated carbocycles. The van der Waals surface area contributed by atoms with Crippen molar-refractivity contribution in [2.45, 2.75) is 44.7 Å². The van der Waals surface area contributed by atoms with E-state index in [4.69, 9.17) is 11.5 Å². The minimum absolute atomic E-state index is 0.0181. The molecule has 5 N–H and O–H groups in total. The van der Waals surface area contributed by atoms with Gasteiger partial charge in [0.1, 0.15) is 6.04 Å². The number of nitrogens with zero attached hydrogens (tertiary/aromatic N) is 1. The predicted molar refractivity (Wildman–Crippen MR) is 70.1 cm³/mol. The largest absolute Gasteiger partial charge is 0.368 e. The van der Waals surface area contributed by atoms with Crippen molar-refractivity contribution in [3.05, 3.63) is 0 Å². The summed E-state index contributed by atoms with van der Waals surface area (Å²) in [7, 11) is 0. The van der Waals surface area contributed by atoms with Crippen molar-refractivity contribution in [2.75, 3.05) is 6.54 Å². The van der Waals surface area contributed by atoms with Gasteiger partial charge in [0.15, 0.2) is 0 Å². The zero-order chi connectivity index (χ0) is 13.5. The number of nitrogens with two attached hydrogens (primary N) is 2. The number of hydrogen-bond donors (Lipinski definition) is 3. The molecule has 1 aliphatic rings. The van der Waals surface area contributed by atoms with E-state index < -0.39 is 11.9 Å². The molecule has 0 aliphatic carbocycles. The van der Waals surface area contributed by atoms with E-state index in [9.17, 15) is 9.59 Å². The van der Waals surface area contributed by atoms with Gasteiger partial charge < -0.3 is 16.8 Å². The maximum atomic E-state index is 11.7. The second kappa shape index (κ2) is 7.10. The Balaban J connectivity index is 2.09. The van der Waals surface area contributed by atoms with Gasteiger partial charge in [-0.15, -0.1) is 0 Å². The van der Waals surface area contributed by atoms with Gasteiger partial charge >= 0.3 is 0 Å². The van der Waals surface area contributed by atoms with Crippen LogP contribution < -0.4 is 16.8 Å². The fraction of sp³-hybridized carbons (Fsp3) is 0.750. The smallest absolute Gasteiger partial charge is 0.245 e. The van der Waals surface area contributed by atoms with E-state index in [2.05, 4.69) is 10.3 Å². The standard InChI is InChI=1S/C12H22N4O2/c1-8-5-7-15-10(8)12(18)16-6-3-2-4-9(13)11(14)17/h7-10H,2-6,13H2,1H3,(H2,14,17)(H,16,18)/t8-,9+,10-/m1/s1. The SMILES string of the molecule is C[C@@H]1CC=N[C@H]1C(=O)NCCCC[C@H](N)C(N)=O. The first kappa shape index (κ1) is 14.6. The zero-order valence-corrected chi connectivity index (χ0v) is 10.8. The van der Waals surface area contributed by atoms with Crippen molar-refractivity contribution in [1.29, 1.82) is 0 Å². The quantitative estimate of drug-likeness (QED) is 0.536. The number of carbonyl (C=O) groups is 2. The Morgan fingerprint density at radius 1 is 1.50 bits per heavy atom. The summed E-state index contributed by atoms with van der Waals surface area (Å²) in [5, 5.41) is 2.85. The van der Waals surface area contributed by atoms with Crippen molar-refractivity contribution < 1.29 is 9.59 Å². The molecule has 18 heavy (non-hydrogen) atoms. The third kappa shape index (κ3) is 4.44. The topological polar surface area (TPSA) is 111 Å². The predicted octanol–water partition coefficient (Wildman–Crippen LogP) is -0.435. The fourth-order valence-electron chi connectivity index (χ4n) is 1.89. The highest BCUT2D eigenvalue weighted by Crippen LogP contribution is 2.16. The van der Waals surface area contributed by atoms with Crippen LogP contribution in [0.1, 0.15) is 32.6 Å². The van der Waals surface area contributed by atoms with Crippen LogP contribution in [0.2, 0.25) is 0 Å². The van der Waals surface area contributed by atoms with Gasteiger partial charge in [-0.05, 0) is 31.6 Å². The normalized spacial score (nSPS) is 23.9. The zero-order valence-electron chi connectivity index (χ0n) is 10.8. The van der Waals surface area contributed by atoms with E-state index in [0.717, 1.165) is 19.3 Å². The lowest BCUT2D eigenvalue weighted by Gasteiger charge is -2.13. The average Bonchev–Trinajstić information content (AvgIpc) is 2.74. The maximum Gasteiger partial charge on any atom is 0.245 e. The van der Waals surface area contributed by atoms with Gasteiger partial charge in [0.05, 0.1) is 6.04 Å². The van der Waals surface area contributed by atoms with Crippen molar-refractivity contribution in [3.63, 3.8) is 0 Å². The molecule has 1 aliphatic heterocycles. The third-order valence-electron chi connectivity index (χ3n) is 3.16. The molecule has 2 amide bonds. The highest BCUT2D eigenvalue weighted by Gasteiger charge is 2.26. The minimum atomic E-state index is -0.583. The van der Waals surface area contributed by atoms with E-state index in [-0.39, 0.29) is 17.9 Å². The van der Waals surface area contributed by atoms with Crippen LogP contribution in [-0.4, -0.2) is 36.7 Å². The second-order valence-electron chi connectivity index (χ2n) is 4.79. The molecule has 0 aromatic carbocycles. The lowest BCUT2D eigenvalue weighted by Crippen LogP contribution is -2.37. The highest BCUT2D eigenvalue weighted by molar-refractivity contribution is 5.85. The number of amides is 2. The Kier molecular flexibility index (Phi) is 5.77. The van der Waals surface area contributed by atoms with Gasteiger partial charge in [-0.2, -0.15) is 0 Å². The number of nitrogens with one attached hydrogen (secondary N) is 1. The van der Waals surface area contributed by atoms with E-state index >= 15 is 0 Å².